The van der Waals surface area contributed by atoms with E-state index >= 15 is 0 Å². The lowest BCUT2D eigenvalue weighted by atomic mass is 10.1. The van der Waals surface area contributed by atoms with Crippen molar-refractivity contribution in [3.63, 3.8) is 0 Å². The van der Waals surface area contributed by atoms with E-state index in [9.17, 15) is 9.59 Å². The smallest absolute Gasteiger partial charge is 0.241 e. The van der Waals surface area contributed by atoms with E-state index in [4.69, 9.17) is 5.73 Å². The van der Waals surface area contributed by atoms with Gasteiger partial charge in [-0.3, -0.25) is 9.59 Å². The third-order valence-corrected chi connectivity index (χ3v) is 2.56. The first-order chi connectivity index (χ1) is 8.52. The van der Waals surface area contributed by atoms with Gasteiger partial charge in [0.05, 0.1) is 13.0 Å². The average Bonchev–Trinajstić information content (AvgIpc) is 2.36. The molecule has 1 aromatic rings. The van der Waals surface area contributed by atoms with Gasteiger partial charge in [0.1, 0.15) is 0 Å². The topological polar surface area (TPSA) is 75.4 Å². The first-order valence-corrected chi connectivity index (χ1v) is 5.77. The quantitative estimate of drug-likeness (QED) is 0.764. The second kappa shape index (κ2) is 6.76. The Labute approximate surface area is 107 Å². The number of likely N-dealkylation sites (N-methyl/N-ethyl adjacent to an activating group) is 1. The molecular formula is C13H19N3O2. The molecule has 0 saturated carbocycles. The van der Waals surface area contributed by atoms with Crippen molar-refractivity contribution in [2.45, 2.75) is 13.0 Å². The predicted molar refractivity (Wildman–Crippen MR) is 69.7 cm³/mol. The van der Waals surface area contributed by atoms with Crippen LogP contribution in [0.5, 0.6) is 0 Å². The number of rotatable bonds is 5. The number of carbonyl (C=O) groups is 2. The zero-order chi connectivity index (χ0) is 13.5. The molecule has 0 aliphatic heterocycles. The van der Waals surface area contributed by atoms with E-state index in [1.54, 1.807) is 14.1 Å². The van der Waals surface area contributed by atoms with Gasteiger partial charge >= 0.3 is 0 Å². The summed E-state index contributed by atoms with van der Waals surface area (Å²) in [5.41, 5.74) is 7.42. The Kier molecular flexibility index (Phi) is 5.32. The van der Waals surface area contributed by atoms with E-state index < -0.39 is 0 Å². The van der Waals surface area contributed by atoms with Crippen LogP contribution in [-0.2, 0) is 22.6 Å². The Hall–Kier alpha value is -1.88. The molecule has 0 fully saturated rings. The Balaban J connectivity index is 2.42. The second-order valence-electron chi connectivity index (χ2n) is 4.26. The van der Waals surface area contributed by atoms with Crippen LogP contribution in [0.3, 0.4) is 0 Å². The van der Waals surface area contributed by atoms with E-state index in [2.05, 4.69) is 5.32 Å². The number of hydrogen-bond acceptors (Lipinski definition) is 3. The summed E-state index contributed by atoms with van der Waals surface area (Å²) in [6, 6.07) is 7.53. The van der Waals surface area contributed by atoms with Crippen molar-refractivity contribution in [3.8, 4) is 0 Å². The van der Waals surface area contributed by atoms with Crippen LogP contribution in [-0.4, -0.2) is 37.4 Å². The summed E-state index contributed by atoms with van der Waals surface area (Å²) in [7, 11) is 3.31. The molecule has 2 amide bonds. The van der Waals surface area contributed by atoms with Gasteiger partial charge in [-0.15, -0.1) is 0 Å². The molecule has 5 heteroatoms. The summed E-state index contributed by atoms with van der Waals surface area (Å²) in [4.78, 5) is 24.3. The van der Waals surface area contributed by atoms with Crippen LogP contribution < -0.4 is 11.1 Å². The van der Waals surface area contributed by atoms with Crippen LogP contribution in [0.15, 0.2) is 24.3 Å². The van der Waals surface area contributed by atoms with Crippen LogP contribution in [0.2, 0.25) is 0 Å². The maximum absolute atomic E-state index is 11.6. The highest BCUT2D eigenvalue weighted by atomic mass is 16.2. The van der Waals surface area contributed by atoms with Crippen LogP contribution in [0.4, 0.5) is 0 Å². The average molecular weight is 249 g/mol. The van der Waals surface area contributed by atoms with Gasteiger partial charge in [0.2, 0.25) is 11.8 Å². The highest BCUT2D eigenvalue weighted by Gasteiger charge is 2.07. The lowest BCUT2D eigenvalue weighted by Gasteiger charge is -2.11. The molecule has 0 aromatic heterocycles. The molecule has 0 heterocycles. The molecule has 0 atom stereocenters. The van der Waals surface area contributed by atoms with E-state index in [0.717, 1.165) is 11.1 Å². The largest absolute Gasteiger partial charge is 0.347 e. The molecule has 0 aliphatic carbocycles. The molecule has 0 saturated heterocycles. The first kappa shape index (κ1) is 14.2. The van der Waals surface area contributed by atoms with Crippen molar-refractivity contribution in [2.24, 2.45) is 5.73 Å². The van der Waals surface area contributed by atoms with Gasteiger partial charge in [0.25, 0.3) is 0 Å². The number of hydrogen-bond donors (Lipinski definition) is 2. The van der Waals surface area contributed by atoms with Crippen molar-refractivity contribution in [1.29, 1.82) is 0 Å². The Morgan fingerprint density at radius 3 is 2.22 bits per heavy atom. The first-order valence-electron chi connectivity index (χ1n) is 5.77. The molecule has 18 heavy (non-hydrogen) atoms. The monoisotopic (exact) mass is 249 g/mol. The van der Waals surface area contributed by atoms with Gasteiger partial charge in [-0.25, -0.2) is 0 Å². The van der Waals surface area contributed by atoms with Crippen molar-refractivity contribution in [1.82, 2.24) is 10.2 Å². The van der Waals surface area contributed by atoms with Crippen LogP contribution in [0, 0.1) is 0 Å². The summed E-state index contributed by atoms with van der Waals surface area (Å²) in [6.07, 6.45) is 0.269. The normalized spacial score (nSPS) is 9.94. The number of nitrogens with zero attached hydrogens (tertiary/aromatic N) is 1. The number of amides is 2. The highest BCUT2D eigenvalue weighted by molar-refractivity contribution is 5.85. The predicted octanol–water partition coefficient (Wildman–Crippen LogP) is -0.108. The number of carbonyl (C=O) groups excluding carboxylic acids is 2. The van der Waals surface area contributed by atoms with Crippen LogP contribution in [0.25, 0.3) is 0 Å². The SMILES string of the molecule is CN(C)C(=O)CNC(=O)Cc1ccc(CN)cc1. The highest BCUT2D eigenvalue weighted by Crippen LogP contribution is 2.04. The minimum atomic E-state index is -0.161. The molecule has 0 spiro atoms. The molecule has 1 rings (SSSR count). The van der Waals surface area contributed by atoms with Crippen LogP contribution in [0.1, 0.15) is 11.1 Å². The molecule has 0 aliphatic rings. The second-order valence-corrected chi connectivity index (χ2v) is 4.26. The fourth-order valence-corrected chi connectivity index (χ4v) is 1.37. The molecule has 98 valence electrons. The summed E-state index contributed by atoms with van der Waals surface area (Å²) >= 11 is 0. The third kappa shape index (κ3) is 4.55. The van der Waals surface area contributed by atoms with Gasteiger partial charge in [-0.05, 0) is 11.1 Å². The Bertz CT molecular complexity index is 413. The number of benzene rings is 1. The van der Waals surface area contributed by atoms with Crippen LogP contribution >= 0.6 is 0 Å². The Morgan fingerprint density at radius 1 is 1.17 bits per heavy atom. The van der Waals surface area contributed by atoms with Gasteiger partial charge < -0.3 is 16.0 Å². The number of nitrogens with two attached hydrogens (primary N) is 1. The molecule has 0 bridgehead atoms. The lowest BCUT2D eigenvalue weighted by Crippen LogP contribution is -2.36. The van der Waals surface area contributed by atoms with E-state index in [1.165, 1.54) is 4.90 Å². The summed E-state index contributed by atoms with van der Waals surface area (Å²) < 4.78 is 0. The number of nitrogens with one attached hydrogen (secondary N) is 1. The third-order valence-electron chi connectivity index (χ3n) is 2.56. The maximum Gasteiger partial charge on any atom is 0.241 e. The molecule has 0 unspecified atom stereocenters. The lowest BCUT2D eigenvalue weighted by molar-refractivity contribution is -0.130. The van der Waals surface area contributed by atoms with Crippen molar-refractivity contribution in [2.75, 3.05) is 20.6 Å². The molecule has 5 nitrogen and oxygen atoms in total. The molecule has 3 N–H and O–H groups in total. The summed E-state index contributed by atoms with van der Waals surface area (Å²) in [5, 5.41) is 2.59. The van der Waals surface area contributed by atoms with E-state index in [-0.39, 0.29) is 24.8 Å². The van der Waals surface area contributed by atoms with Gasteiger partial charge in [0, 0.05) is 20.6 Å². The minimum absolute atomic E-state index is 0.0344. The molecular weight excluding hydrogens is 230 g/mol. The maximum atomic E-state index is 11.6. The zero-order valence-corrected chi connectivity index (χ0v) is 10.8. The fraction of sp³-hybridized carbons (Fsp3) is 0.385. The summed E-state index contributed by atoms with van der Waals surface area (Å²) in [6.45, 7) is 0.524. The fourth-order valence-electron chi connectivity index (χ4n) is 1.37. The minimum Gasteiger partial charge on any atom is -0.347 e. The van der Waals surface area contributed by atoms with Gasteiger partial charge in [-0.1, -0.05) is 24.3 Å². The van der Waals surface area contributed by atoms with Gasteiger partial charge in [-0.2, -0.15) is 0 Å². The summed E-state index contributed by atoms with van der Waals surface area (Å²) in [5.74, 6) is -0.285. The van der Waals surface area contributed by atoms with Crippen molar-refractivity contribution in [3.05, 3.63) is 35.4 Å². The van der Waals surface area contributed by atoms with Crippen molar-refractivity contribution < 1.29 is 9.59 Å². The van der Waals surface area contributed by atoms with Crippen molar-refractivity contribution >= 4 is 11.8 Å². The molecule has 1 aromatic carbocycles. The standard InChI is InChI=1S/C13H19N3O2/c1-16(2)13(18)9-15-12(17)7-10-3-5-11(8-14)6-4-10/h3-6H,7-9,14H2,1-2H3,(H,15,17). The van der Waals surface area contributed by atoms with Gasteiger partial charge in [0.15, 0.2) is 0 Å². The van der Waals surface area contributed by atoms with E-state index in [1.807, 2.05) is 24.3 Å². The molecule has 0 radical (unpaired) electrons. The Morgan fingerprint density at radius 2 is 1.72 bits per heavy atom. The zero-order valence-electron chi connectivity index (χ0n) is 10.8. The van der Waals surface area contributed by atoms with E-state index in [0.29, 0.717) is 6.54 Å².